The fourth-order valence-electron chi connectivity index (χ4n) is 15.2. The van der Waals surface area contributed by atoms with Crippen LogP contribution in [0.1, 0.15) is 211 Å². The maximum Gasteiger partial charge on any atom is 0.138 e. The highest BCUT2D eigenvalue weighted by Gasteiger charge is 2.70. The number of aliphatic hydroxyl groups is 2. The van der Waals surface area contributed by atoms with Gasteiger partial charge in [-0.2, -0.15) is 0 Å². The molecule has 0 saturated heterocycles. The molecule has 0 fully saturated rings. The van der Waals surface area contributed by atoms with Gasteiger partial charge in [0.2, 0.25) is 0 Å². The maximum absolute atomic E-state index is 13.2. The third kappa shape index (κ3) is 4.67. The lowest BCUT2D eigenvalue weighted by molar-refractivity contribution is 0.000731. The van der Waals surface area contributed by atoms with E-state index in [2.05, 4.69) is 228 Å². The summed E-state index contributed by atoms with van der Waals surface area (Å²) in [6, 6.07) is 0. The van der Waals surface area contributed by atoms with Crippen molar-refractivity contribution in [1.29, 1.82) is 0 Å². The summed E-state index contributed by atoms with van der Waals surface area (Å²) in [6.45, 7) is 63.3. The van der Waals surface area contributed by atoms with Crippen LogP contribution in [0.25, 0.3) is 11.1 Å². The third-order valence-electron chi connectivity index (χ3n) is 23.3. The molecule has 0 saturated carbocycles. The molecule has 1 aliphatic carbocycles. The van der Waals surface area contributed by atoms with Gasteiger partial charge in [-0.05, 0) is 124 Å². The lowest BCUT2D eigenvalue weighted by Gasteiger charge is -2.73. The Kier molecular flexibility index (Phi) is 9.45. The summed E-state index contributed by atoms with van der Waals surface area (Å²) in [7, 11) is 8.61. The zero-order chi connectivity index (χ0) is 49.5. The van der Waals surface area contributed by atoms with E-state index in [1.807, 2.05) is 0 Å². The van der Waals surface area contributed by atoms with Gasteiger partial charge in [-0.1, -0.05) is 111 Å². The van der Waals surface area contributed by atoms with Gasteiger partial charge in [0.1, 0.15) is 11.5 Å². The summed E-state index contributed by atoms with van der Waals surface area (Å²) < 4.78 is 0. The van der Waals surface area contributed by atoms with Crippen molar-refractivity contribution >= 4 is 33.9 Å². The summed E-state index contributed by atoms with van der Waals surface area (Å²) in [5.41, 5.74) is 12.7. The van der Waals surface area contributed by atoms with Gasteiger partial charge in [-0.25, -0.2) is 0 Å². The number of nitrogens with zero attached hydrogens (tertiary/aromatic N) is 4. The quantitative estimate of drug-likeness (QED) is 0.319. The molecule has 7 rings (SSSR count). The van der Waals surface area contributed by atoms with Crippen LogP contribution in [-0.4, -0.2) is 60.6 Å². The van der Waals surface area contributed by atoms with Crippen LogP contribution in [0.2, 0.25) is 0 Å². The van der Waals surface area contributed by atoms with Gasteiger partial charge in [-0.15, -0.1) is 0 Å². The molecule has 2 aromatic rings. The smallest absolute Gasteiger partial charge is 0.138 e. The predicted molar refractivity (Wildman–Crippen MR) is 279 cm³/mol. The first-order chi connectivity index (χ1) is 28.3. The molecule has 0 unspecified atom stereocenters. The lowest BCUT2D eigenvalue weighted by Crippen LogP contribution is -2.76. The number of hydrogen-bond donors (Lipinski definition) is 2. The van der Waals surface area contributed by atoms with Gasteiger partial charge in [0.15, 0.2) is 0 Å². The second-order valence-corrected chi connectivity index (χ2v) is 28.0. The van der Waals surface area contributed by atoms with E-state index in [4.69, 9.17) is 0 Å². The van der Waals surface area contributed by atoms with Crippen LogP contribution in [0.3, 0.4) is 0 Å². The van der Waals surface area contributed by atoms with Crippen molar-refractivity contribution in [1.82, 2.24) is 0 Å². The van der Waals surface area contributed by atoms with Crippen molar-refractivity contribution in [3.63, 3.8) is 0 Å². The highest BCUT2D eigenvalue weighted by atomic mass is 16.3. The normalized spacial score (nSPS) is 26.8. The molecule has 4 aliphatic heterocycles. The van der Waals surface area contributed by atoms with Crippen molar-refractivity contribution < 1.29 is 10.2 Å². The van der Waals surface area contributed by atoms with E-state index in [1.165, 1.54) is 33.6 Å². The van der Waals surface area contributed by atoms with E-state index < -0.39 is 0 Å². The summed E-state index contributed by atoms with van der Waals surface area (Å²) in [4.78, 5) is 10.1. The van der Waals surface area contributed by atoms with Crippen LogP contribution >= 0.6 is 0 Å². The third-order valence-corrected chi connectivity index (χ3v) is 23.3. The Bertz CT molecular complexity index is 2300. The molecule has 0 bridgehead atoms. The molecule has 0 aromatic heterocycles. The van der Waals surface area contributed by atoms with E-state index >= 15 is 0 Å². The first kappa shape index (κ1) is 48.6. The molecular weight excluding hydrogens is 785 g/mol. The summed E-state index contributed by atoms with van der Waals surface area (Å²) in [5.74, 6) is 0.372. The van der Waals surface area contributed by atoms with Crippen LogP contribution in [-0.2, 0) is 21.7 Å². The predicted octanol–water partition coefficient (Wildman–Crippen LogP) is 14.7. The summed E-state index contributed by atoms with van der Waals surface area (Å²) in [6.07, 6.45) is 0. The van der Waals surface area contributed by atoms with Gasteiger partial charge in [-0.3, -0.25) is 0 Å². The number of hydrogen-bond acceptors (Lipinski definition) is 6. The minimum atomic E-state index is -0.297. The Hall–Kier alpha value is -3.28. The van der Waals surface area contributed by atoms with Crippen LogP contribution in [0.5, 0.6) is 0 Å². The molecule has 6 nitrogen and oxygen atoms in total. The maximum atomic E-state index is 13.2. The SMILES string of the molecule is Cc1c(C2=C(O)C(c3c(C)c4c5c(c3N(C)C)C(C)(C)C(C)(C)C(C)(C)N5C(C)(C)C(C)(C)C4(C)C)=C2O)c(N(C)C)c2c3c1C(C)(C)C(C)(C)C(C)(C)N3C(C)(C)C(C)(C)C2(C)C. The molecule has 0 amide bonds. The van der Waals surface area contributed by atoms with E-state index in [-0.39, 0.29) is 77.0 Å². The van der Waals surface area contributed by atoms with Crippen LogP contribution < -0.4 is 19.6 Å². The summed E-state index contributed by atoms with van der Waals surface area (Å²) >= 11 is 0. The van der Waals surface area contributed by atoms with Crippen LogP contribution in [0, 0.1) is 35.5 Å². The van der Waals surface area contributed by atoms with Crippen LogP contribution in [0.4, 0.5) is 22.7 Å². The number of anilines is 4. The van der Waals surface area contributed by atoms with Gasteiger partial charge >= 0.3 is 0 Å². The van der Waals surface area contributed by atoms with Gasteiger partial charge < -0.3 is 29.8 Å². The van der Waals surface area contributed by atoms with Crippen molar-refractivity contribution in [2.75, 3.05) is 47.8 Å². The van der Waals surface area contributed by atoms with Gasteiger partial charge in [0, 0.05) is 94.8 Å². The molecule has 4 heterocycles. The van der Waals surface area contributed by atoms with E-state index in [9.17, 15) is 10.2 Å². The zero-order valence-electron chi connectivity index (χ0n) is 46.7. The average molecular weight is 877 g/mol. The standard InChI is InChI=1S/C58H92N4O2/c1-31-33(41(59(27)28)39-43-37(31)47(3,4)51(11,12)55(19,20)61(43)57(23,24)53(15,16)49(39,7)8)35-45(63)36(46(35)64)34-32(2)38-44-40(42(34)60(29)30)50(9,10)54(17,18)58(25,26)62(44)56(21,22)52(13,14)48(38,5)6/h63-64H,1-30H3. The molecular formula is C58H92N4O2. The highest BCUT2D eigenvalue weighted by Crippen LogP contribution is 2.74. The van der Waals surface area contributed by atoms with Gasteiger partial charge in [0.25, 0.3) is 0 Å². The number of benzene rings is 2. The molecule has 5 aliphatic rings. The molecule has 0 atom stereocenters. The topological polar surface area (TPSA) is 53.4 Å². The molecule has 0 radical (unpaired) electrons. The van der Waals surface area contributed by atoms with E-state index in [0.29, 0.717) is 11.1 Å². The second kappa shape index (κ2) is 12.4. The first-order valence-electron chi connectivity index (χ1n) is 24.5. The second-order valence-electron chi connectivity index (χ2n) is 28.0. The largest absolute Gasteiger partial charge is 0.506 e. The Morgan fingerprint density at radius 1 is 0.344 bits per heavy atom. The Morgan fingerprint density at radius 3 is 0.750 bits per heavy atom. The summed E-state index contributed by atoms with van der Waals surface area (Å²) in [5, 5.41) is 26.5. The Balaban J connectivity index is 1.67. The fraction of sp³-hybridized carbons (Fsp3) is 0.724. The van der Waals surface area contributed by atoms with Gasteiger partial charge in [0.05, 0.1) is 22.5 Å². The minimum Gasteiger partial charge on any atom is -0.506 e. The minimum absolute atomic E-state index is 0.166. The first-order valence-corrected chi connectivity index (χ1v) is 24.5. The van der Waals surface area contributed by atoms with Crippen molar-refractivity contribution in [2.45, 2.75) is 224 Å². The molecule has 2 aromatic carbocycles. The van der Waals surface area contributed by atoms with Crippen molar-refractivity contribution in [3.8, 4) is 0 Å². The van der Waals surface area contributed by atoms with E-state index in [1.54, 1.807) is 0 Å². The number of allylic oxidation sites excluding steroid dienone is 2. The Morgan fingerprint density at radius 2 is 0.547 bits per heavy atom. The molecule has 64 heavy (non-hydrogen) atoms. The monoisotopic (exact) mass is 877 g/mol. The van der Waals surface area contributed by atoms with Crippen molar-refractivity contribution in [3.05, 3.63) is 56.0 Å². The van der Waals surface area contributed by atoms with E-state index in [0.717, 1.165) is 33.6 Å². The number of aliphatic hydroxyl groups excluding tert-OH is 2. The number of rotatable bonds is 4. The molecule has 6 heteroatoms. The fourth-order valence-corrected chi connectivity index (χ4v) is 15.2. The Labute approximate surface area is 391 Å². The molecule has 0 spiro atoms. The highest BCUT2D eigenvalue weighted by molar-refractivity contribution is 6.13. The molecule has 2 N–H and O–H groups in total. The van der Waals surface area contributed by atoms with Crippen LogP contribution in [0.15, 0.2) is 11.5 Å². The molecule has 356 valence electrons. The average Bonchev–Trinajstić information content (AvgIpc) is 3.09. The lowest BCUT2D eigenvalue weighted by atomic mass is 9.45. The van der Waals surface area contributed by atoms with Crippen molar-refractivity contribution in [2.24, 2.45) is 21.7 Å². The zero-order valence-corrected chi connectivity index (χ0v) is 46.7.